The van der Waals surface area contributed by atoms with Crippen LogP contribution in [0.15, 0.2) is 41.7 Å². The average Bonchev–Trinajstić information content (AvgIpc) is 3.07. The van der Waals surface area contributed by atoms with Gasteiger partial charge in [-0.1, -0.05) is 37.1 Å². The van der Waals surface area contributed by atoms with Crippen molar-refractivity contribution < 1.29 is 4.74 Å². The minimum Gasteiger partial charge on any atom is -0.370 e. The minimum atomic E-state index is 0. The monoisotopic (exact) mass is 552 g/mol. The zero-order valence-electron chi connectivity index (χ0n) is 19.4. The number of halogens is 1. The van der Waals surface area contributed by atoms with Crippen LogP contribution in [0.1, 0.15) is 48.5 Å². The molecule has 2 aliphatic heterocycles. The van der Waals surface area contributed by atoms with Crippen LogP contribution in [0.3, 0.4) is 0 Å². The number of morpholine rings is 1. The Morgan fingerprint density at radius 2 is 1.94 bits per heavy atom. The van der Waals surface area contributed by atoms with E-state index in [0.29, 0.717) is 6.61 Å². The van der Waals surface area contributed by atoms with Crippen LogP contribution in [-0.2, 0) is 24.9 Å². The van der Waals surface area contributed by atoms with Crippen molar-refractivity contribution in [2.45, 2.75) is 44.9 Å². The molecule has 3 heterocycles. The predicted octanol–water partition coefficient (Wildman–Crippen LogP) is 3.56. The quantitative estimate of drug-likeness (QED) is 0.350. The maximum Gasteiger partial charge on any atom is 0.194 e. The van der Waals surface area contributed by atoms with Crippen molar-refractivity contribution in [2.24, 2.45) is 12.0 Å². The highest BCUT2D eigenvalue weighted by atomic mass is 127. The van der Waals surface area contributed by atoms with E-state index in [-0.39, 0.29) is 30.1 Å². The van der Waals surface area contributed by atoms with Crippen LogP contribution in [0, 0.1) is 0 Å². The van der Waals surface area contributed by atoms with Crippen molar-refractivity contribution >= 4 is 29.9 Å². The Hall–Kier alpha value is -1.65. The molecular formula is C24H37IN6O. The molecule has 1 unspecified atom stereocenters. The van der Waals surface area contributed by atoms with Crippen molar-refractivity contribution in [1.82, 2.24) is 24.9 Å². The number of nitrogens with zero attached hydrogens (tertiary/aromatic N) is 5. The van der Waals surface area contributed by atoms with Gasteiger partial charge in [-0.15, -0.1) is 24.0 Å². The summed E-state index contributed by atoms with van der Waals surface area (Å²) < 4.78 is 7.80. The van der Waals surface area contributed by atoms with Gasteiger partial charge in [0.05, 0.1) is 19.3 Å². The summed E-state index contributed by atoms with van der Waals surface area (Å²) >= 11 is 0. The number of likely N-dealkylation sites (tertiary alicyclic amines) is 1. The van der Waals surface area contributed by atoms with Crippen LogP contribution in [0.2, 0.25) is 0 Å². The second-order valence-corrected chi connectivity index (χ2v) is 8.66. The first-order valence-corrected chi connectivity index (χ1v) is 11.6. The van der Waals surface area contributed by atoms with Crippen molar-refractivity contribution in [3.8, 4) is 0 Å². The Bertz CT molecular complexity index is 862. The fourth-order valence-electron chi connectivity index (χ4n) is 4.55. The lowest BCUT2D eigenvalue weighted by Crippen LogP contribution is -2.47. The zero-order valence-corrected chi connectivity index (χ0v) is 21.7. The Morgan fingerprint density at radius 1 is 1.16 bits per heavy atom. The third-order valence-electron chi connectivity index (χ3n) is 6.22. The minimum absolute atomic E-state index is 0. The highest BCUT2D eigenvalue weighted by molar-refractivity contribution is 14.0. The van der Waals surface area contributed by atoms with E-state index in [2.05, 4.69) is 49.5 Å². The van der Waals surface area contributed by atoms with E-state index in [1.165, 1.54) is 49.9 Å². The van der Waals surface area contributed by atoms with E-state index in [9.17, 15) is 0 Å². The third-order valence-corrected chi connectivity index (χ3v) is 6.22. The van der Waals surface area contributed by atoms with Crippen LogP contribution in [0.5, 0.6) is 0 Å². The lowest BCUT2D eigenvalue weighted by atomic mass is 10.1. The molecule has 0 radical (unpaired) electrons. The van der Waals surface area contributed by atoms with Crippen LogP contribution in [0.4, 0.5) is 0 Å². The third kappa shape index (κ3) is 6.92. The first-order chi connectivity index (χ1) is 15.2. The van der Waals surface area contributed by atoms with Gasteiger partial charge >= 0.3 is 0 Å². The number of hydrogen-bond acceptors (Lipinski definition) is 4. The molecule has 32 heavy (non-hydrogen) atoms. The van der Waals surface area contributed by atoms with Crippen molar-refractivity contribution in [3.05, 3.63) is 53.3 Å². The molecule has 176 valence electrons. The summed E-state index contributed by atoms with van der Waals surface area (Å²) in [5.74, 6) is 0.926. The molecule has 2 saturated heterocycles. The van der Waals surface area contributed by atoms with Crippen LogP contribution < -0.4 is 5.32 Å². The number of aromatic nitrogens is 2. The highest BCUT2D eigenvalue weighted by Gasteiger charge is 2.25. The largest absolute Gasteiger partial charge is 0.370 e. The van der Waals surface area contributed by atoms with E-state index < -0.39 is 0 Å². The van der Waals surface area contributed by atoms with Gasteiger partial charge in [-0.25, -0.2) is 0 Å². The smallest absolute Gasteiger partial charge is 0.194 e. The Morgan fingerprint density at radius 3 is 2.66 bits per heavy atom. The number of ether oxygens (including phenoxy) is 1. The number of rotatable bonds is 5. The molecule has 2 aromatic rings. The highest BCUT2D eigenvalue weighted by Crippen LogP contribution is 2.21. The molecule has 1 aromatic heterocycles. The molecule has 0 bridgehead atoms. The number of guanidine groups is 1. The van der Waals surface area contributed by atoms with Crippen LogP contribution in [0.25, 0.3) is 0 Å². The van der Waals surface area contributed by atoms with Gasteiger partial charge in [0.2, 0.25) is 0 Å². The van der Waals surface area contributed by atoms with Gasteiger partial charge in [-0.2, -0.15) is 5.10 Å². The summed E-state index contributed by atoms with van der Waals surface area (Å²) in [5, 5.41) is 7.84. The zero-order chi connectivity index (χ0) is 21.5. The number of aliphatic imine (C=N–C) groups is 1. The molecule has 0 saturated carbocycles. The van der Waals surface area contributed by atoms with Gasteiger partial charge in [0.1, 0.15) is 6.10 Å². The van der Waals surface area contributed by atoms with Crippen molar-refractivity contribution in [3.63, 3.8) is 0 Å². The van der Waals surface area contributed by atoms with E-state index in [1.54, 1.807) is 0 Å². The second kappa shape index (κ2) is 12.6. The van der Waals surface area contributed by atoms with E-state index >= 15 is 0 Å². The first kappa shape index (κ1) is 25.0. The Labute approximate surface area is 209 Å². The summed E-state index contributed by atoms with van der Waals surface area (Å²) in [4.78, 5) is 9.42. The van der Waals surface area contributed by atoms with E-state index in [0.717, 1.165) is 37.7 Å². The Kier molecular flexibility index (Phi) is 9.80. The maximum atomic E-state index is 5.98. The van der Waals surface area contributed by atoms with Gasteiger partial charge in [-0.05, 0) is 37.1 Å². The molecule has 7 nitrogen and oxygen atoms in total. The van der Waals surface area contributed by atoms with Gasteiger partial charge < -0.3 is 15.0 Å². The fourth-order valence-corrected chi connectivity index (χ4v) is 4.55. The topological polar surface area (TPSA) is 57.9 Å². The maximum absolute atomic E-state index is 5.98. The second-order valence-electron chi connectivity index (χ2n) is 8.66. The SMILES string of the molecule is CN=C(NCc1cccc(CN2CCCCCC2)c1)N1CCOC(c2cnn(C)c2)C1.I. The number of aryl methyl sites for hydroxylation is 1. The summed E-state index contributed by atoms with van der Waals surface area (Å²) in [7, 11) is 3.79. The lowest BCUT2D eigenvalue weighted by molar-refractivity contribution is -0.00805. The average molecular weight is 553 g/mol. The van der Waals surface area contributed by atoms with E-state index in [1.807, 2.05) is 31.2 Å². The van der Waals surface area contributed by atoms with Gasteiger partial charge in [0.25, 0.3) is 0 Å². The molecule has 2 aliphatic rings. The predicted molar refractivity (Wildman–Crippen MR) is 139 cm³/mol. The van der Waals surface area contributed by atoms with Crippen molar-refractivity contribution in [1.29, 1.82) is 0 Å². The molecule has 8 heteroatoms. The summed E-state index contributed by atoms with van der Waals surface area (Å²) in [6.45, 7) is 6.58. The van der Waals surface area contributed by atoms with E-state index in [4.69, 9.17) is 4.74 Å². The molecule has 1 atom stereocenters. The fraction of sp³-hybridized carbons (Fsp3) is 0.583. The molecular weight excluding hydrogens is 515 g/mol. The molecule has 0 aliphatic carbocycles. The number of benzene rings is 1. The Balaban J connectivity index is 0.00000289. The number of hydrogen-bond donors (Lipinski definition) is 1. The first-order valence-electron chi connectivity index (χ1n) is 11.6. The summed E-state index contributed by atoms with van der Waals surface area (Å²) in [6, 6.07) is 8.97. The molecule has 1 N–H and O–H groups in total. The van der Waals surface area contributed by atoms with Gasteiger partial charge in [0, 0.05) is 45.5 Å². The summed E-state index contributed by atoms with van der Waals surface area (Å²) in [6.07, 6.45) is 9.36. The summed E-state index contributed by atoms with van der Waals surface area (Å²) in [5.41, 5.74) is 3.81. The molecule has 1 aromatic carbocycles. The van der Waals surface area contributed by atoms with Gasteiger partial charge in [-0.3, -0.25) is 14.6 Å². The molecule has 0 amide bonds. The molecule has 2 fully saturated rings. The van der Waals surface area contributed by atoms with Crippen molar-refractivity contribution in [2.75, 3.05) is 39.8 Å². The van der Waals surface area contributed by atoms with Gasteiger partial charge in [0.15, 0.2) is 5.96 Å². The molecule has 0 spiro atoms. The molecule has 4 rings (SSSR count). The lowest BCUT2D eigenvalue weighted by Gasteiger charge is -2.34. The van der Waals surface area contributed by atoms with Crippen LogP contribution in [-0.4, -0.2) is 65.4 Å². The van der Waals surface area contributed by atoms with Crippen LogP contribution >= 0.6 is 24.0 Å². The standard InChI is InChI=1S/C24H36N6O.HI/c1-25-24(30-12-13-31-23(19-30)22-16-27-28(2)18-22)26-15-20-8-7-9-21(14-20)17-29-10-5-3-4-6-11-29;/h7-9,14,16,18,23H,3-6,10-13,15,17,19H2,1-2H3,(H,25,26);1H. The normalized spacial score (nSPS) is 20.5. The number of nitrogens with one attached hydrogen (secondary N) is 1.